The molecule has 1 saturated carbocycles. The fourth-order valence-electron chi connectivity index (χ4n) is 3.96. The normalized spacial score (nSPS) is 19.3. The molecule has 1 aliphatic carbocycles. The highest BCUT2D eigenvalue weighted by molar-refractivity contribution is 5.81. The predicted molar refractivity (Wildman–Crippen MR) is 106 cm³/mol. The first kappa shape index (κ1) is 17.3. The average molecular weight is 348 g/mol. The fourth-order valence-corrected chi connectivity index (χ4v) is 3.96. The summed E-state index contributed by atoms with van der Waals surface area (Å²) in [5.41, 5.74) is 4.28. The standard InChI is InChI=1S/C23H28N2O/c1-18(22(26)25-15-13-23(11-12-23)14-16-25)24-17-19-7-9-21(10-8-19)20-5-3-2-4-6-20/h2-10,18,24H,11-17H2,1H3/t18-/m1/s1. The minimum Gasteiger partial charge on any atom is -0.341 e. The first-order chi connectivity index (χ1) is 12.7. The lowest BCUT2D eigenvalue weighted by atomic mass is 9.93. The molecule has 2 aliphatic rings. The Labute approximate surface area is 156 Å². The monoisotopic (exact) mass is 348 g/mol. The molecule has 3 heteroatoms. The maximum absolute atomic E-state index is 12.7. The van der Waals surface area contributed by atoms with Crippen LogP contribution in [0.4, 0.5) is 0 Å². The summed E-state index contributed by atoms with van der Waals surface area (Å²) in [6.07, 6.45) is 5.16. The number of rotatable bonds is 5. The van der Waals surface area contributed by atoms with Crippen molar-refractivity contribution < 1.29 is 4.79 Å². The molecule has 2 aromatic rings. The van der Waals surface area contributed by atoms with Gasteiger partial charge >= 0.3 is 0 Å². The van der Waals surface area contributed by atoms with Gasteiger partial charge < -0.3 is 10.2 Å². The second kappa shape index (κ2) is 7.24. The highest BCUT2D eigenvalue weighted by atomic mass is 16.2. The van der Waals surface area contributed by atoms with Gasteiger partial charge in [0.05, 0.1) is 6.04 Å². The van der Waals surface area contributed by atoms with E-state index in [0.717, 1.165) is 19.6 Å². The van der Waals surface area contributed by atoms with Crippen LogP contribution in [0.3, 0.4) is 0 Å². The zero-order valence-electron chi connectivity index (χ0n) is 15.6. The quantitative estimate of drug-likeness (QED) is 0.877. The van der Waals surface area contributed by atoms with Crippen molar-refractivity contribution in [3.05, 3.63) is 60.2 Å². The van der Waals surface area contributed by atoms with Crippen LogP contribution in [0, 0.1) is 5.41 Å². The predicted octanol–water partition coefficient (Wildman–Crippen LogP) is 4.23. The summed E-state index contributed by atoms with van der Waals surface area (Å²) in [6.45, 7) is 4.59. The van der Waals surface area contributed by atoms with E-state index in [2.05, 4.69) is 58.7 Å². The SMILES string of the molecule is C[C@@H](NCc1ccc(-c2ccccc2)cc1)C(=O)N1CCC2(CC1)CC2. The highest BCUT2D eigenvalue weighted by Gasteiger charge is 2.45. The Balaban J connectivity index is 1.28. The van der Waals surface area contributed by atoms with Gasteiger partial charge in [-0.05, 0) is 54.7 Å². The van der Waals surface area contributed by atoms with Crippen molar-refractivity contribution >= 4 is 5.91 Å². The number of likely N-dealkylation sites (tertiary alicyclic amines) is 1. The number of carbonyl (C=O) groups excluding carboxylic acids is 1. The molecular formula is C23H28N2O. The Morgan fingerprint density at radius 1 is 0.962 bits per heavy atom. The molecule has 1 atom stereocenters. The molecular weight excluding hydrogens is 320 g/mol. The molecule has 1 heterocycles. The van der Waals surface area contributed by atoms with E-state index in [1.165, 1.54) is 42.4 Å². The topological polar surface area (TPSA) is 32.3 Å². The van der Waals surface area contributed by atoms with Crippen molar-refractivity contribution in [2.24, 2.45) is 5.41 Å². The highest BCUT2D eigenvalue weighted by Crippen LogP contribution is 2.53. The minimum absolute atomic E-state index is 0.128. The number of amides is 1. The van der Waals surface area contributed by atoms with E-state index in [-0.39, 0.29) is 11.9 Å². The number of nitrogens with zero attached hydrogens (tertiary/aromatic N) is 1. The summed E-state index contributed by atoms with van der Waals surface area (Å²) < 4.78 is 0. The fraction of sp³-hybridized carbons (Fsp3) is 0.435. The third-order valence-corrected chi connectivity index (χ3v) is 6.14. The van der Waals surface area contributed by atoms with Crippen molar-refractivity contribution in [1.29, 1.82) is 0 Å². The number of benzene rings is 2. The average Bonchev–Trinajstić information content (AvgIpc) is 3.46. The molecule has 0 aromatic heterocycles. The van der Waals surface area contributed by atoms with Crippen molar-refractivity contribution in [2.75, 3.05) is 13.1 Å². The first-order valence-electron chi connectivity index (χ1n) is 9.82. The molecule has 2 fully saturated rings. The summed E-state index contributed by atoms with van der Waals surface area (Å²) >= 11 is 0. The van der Waals surface area contributed by atoms with Gasteiger partial charge in [-0.1, -0.05) is 54.6 Å². The molecule has 1 amide bonds. The van der Waals surface area contributed by atoms with Crippen molar-refractivity contribution in [2.45, 2.75) is 45.2 Å². The van der Waals surface area contributed by atoms with Crippen LogP contribution in [0.1, 0.15) is 38.2 Å². The molecule has 1 spiro atoms. The first-order valence-corrected chi connectivity index (χ1v) is 9.82. The molecule has 0 radical (unpaired) electrons. The summed E-state index contributed by atoms with van der Waals surface area (Å²) in [5.74, 6) is 0.251. The molecule has 26 heavy (non-hydrogen) atoms. The Bertz CT molecular complexity index is 740. The number of hydrogen-bond donors (Lipinski definition) is 1. The van der Waals surface area contributed by atoms with Crippen LogP contribution in [-0.2, 0) is 11.3 Å². The lowest BCUT2D eigenvalue weighted by molar-refractivity contribution is -0.134. The van der Waals surface area contributed by atoms with Crippen molar-refractivity contribution in [3.8, 4) is 11.1 Å². The van der Waals surface area contributed by atoms with Gasteiger partial charge in [0.2, 0.25) is 5.91 Å². The van der Waals surface area contributed by atoms with Crippen LogP contribution < -0.4 is 5.32 Å². The Morgan fingerprint density at radius 3 is 2.19 bits per heavy atom. The van der Waals surface area contributed by atoms with Crippen LogP contribution in [0.2, 0.25) is 0 Å². The number of hydrogen-bond acceptors (Lipinski definition) is 2. The van der Waals surface area contributed by atoms with Crippen LogP contribution in [0.15, 0.2) is 54.6 Å². The lowest BCUT2D eigenvalue weighted by Crippen LogP contribution is -2.48. The molecule has 0 unspecified atom stereocenters. The second-order valence-electron chi connectivity index (χ2n) is 7.99. The van der Waals surface area contributed by atoms with E-state index in [1.54, 1.807) is 0 Å². The molecule has 136 valence electrons. The van der Waals surface area contributed by atoms with Crippen LogP contribution in [0.25, 0.3) is 11.1 Å². The third kappa shape index (κ3) is 3.83. The van der Waals surface area contributed by atoms with E-state index in [1.807, 2.05) is 13.0 Å². The van der Waals surface area contributed by atoms with Gasteiger partial charge in [0, 0.05) is 19.6 Å². The summed E-state index contributed by atoms with van der Waals surface area (Å²) in [4.78, 5) is 14.7. The van der Waals surface area contributed by atoms with Crippen LogP contribution >= 0.6 is 0 Å². The van der Waals surface area contributed by atoms with E-state index in [0.29, 0.717) is 5.41 Å². The Morgan fingerprint density at radius 2 is 1.58 bits per heavy atom. The molecule has 4 rings (SSSR count). The zero-order chi connectivity index (χ0) is 18.0. The molecule has 2 aromatic carbocycles. The third-order valence-electron chi connectivity index (χ3n) is 6.14. The van der Waals surface area contributed by atoms with Gasteiger partial charge in [0.1, 0.15) is 0 Å². The number of piperidine rings is 1. The maximum Gasteiger partial charge on any atom is 0.239 e. The molecule has 0 bridgehead atoms. The van der Waals surface area contributed by atoms with E-state index >= 15 is 0 Å². The largest absolute Gasteiger partial charge is 0.341 e. The van der Waals surface area contributed by atoms with E-state index < -0.39 is 0 Å². The van der Waals surface area contributed by atoms with Crippen LogP contribution in [-0.4, -0.2) is 29.9 Å². The minimum atomic E-state index is -0.128. The smallest absolute Gasteiger partial charge is 0.239 e. The Hall–Kier alpha value is -2.13. The van der Waals surface area contributed by atoms with Gasteiger partial charge in [0.25, 0.3) is 0 Å². The lowest BCUT2D eigenvalue weighted by Gasteiger charge is -2.34. The van der Waals surface area contributed by atoms with Crippen molar-refractivity contribution in [1.82, 2.24) is 10.2 Å². The number of carbonyl (C=O) groups is 1. The summed E-state index contributed by atoms with van der Waals surface area (Å²) in [7, 11) is 0. The Kier molecular flexibility index (Phi) is 4.82. The van der Waals surface area contributed by atoms with Crippen LogP contribution in [0.5, 0.6) is 0 Å². The second-order valence-corrected chi connectivity index (χ2v) is 7.99. The zero-order valence-corrected chi connectivity index (χ0v) is 15.6. The van der Waals surface area contributed by atoms with Gasteiger partial charge in [-0.3, -0.25) is 4.79 Å². The molecule has 1 N–H and O–H groups in total. The van der Waals surface area contributed by atoms with Gasteiger partial charge in [-0.2, -0.15) is 0 Å². The summed E-state index contributed by atoms with van der Waals surface area (Å²) in [5, 5.41) is 3.40. The summed E-state index contributed by atoms with van der Waals surface area (Å²) in [6, 6.07) is 18.9. The van der Waals surface area contributed by atoms with Gasteiger partial charge in [0.15, 0.2) is 0 Å². The van der Waals surface area contributed by atoms with E-state index in [9.17, 15) is 4.79 Å². The maximum atomic E-state index is 12.7. The van der Waals surface area contributed by atoms with Gasteiger partial charge in [-0.15, -0.1) is 0 Å². The van der Waals surface area contributed by atoms with E-state index in [4.69, 9.17) is 0 Å². The van der Waals surface area contributed by atoms with Gasteiger partial charge in [-0.25, -0.2) is 0 Å². The molecule has 1 aliphatic heterocycles. The van der Waals surface area contributed by atoms with Crippen molar-refractivity contribution in [3.63, 3.8) is 0 Å². The molecule has 3 nitrogen and oxygen atoms in total. The molecule has 1 saturated heterocycles. The number of nitrogens with one attached hydrogen (secondary N) is 1.